The zero-order valence-electron chi connectivity index (χ0n) is 22.7. The maximum Gasteiger partial charge on any atom is 0.453 e. The van der Waals surface area contributed by atoms with Gasteiger partial charge in [0.25, 0.3) is 0 Å². The number of amides is 1. The molecule has 1 atom stereocenters. The van der Waals surface area contributed by atoms with Crippen molar-refractivity contribution < 1.29 is 42.2 Å². The molecule has 0 aliphatic heterocycles. The average molecular weight is 570 g/mol. The Morgan fingerprint density at radius 3 is 1.77 bits per heavy atom. The summed E-state index contributed by atoms with van der Waals surface area (Å²) in [5.41, 5.74) is 1.10. The molecule has 1 unspecified atom stereocenters. The van der Waals surface area contributed by atoms with E-state index in [0.717, 1.165) is 5.56 Å². The van der Waals surface area contributed by atoms with E-state index in [1.165, 1.54) is 62.8 Å². The zero-order valence-corrected chi connectivity index (χ0v) is 23.6. The largest absolute Gasteiger partial charge is 0.465 e. The highest BCUT2D eigenvalue weighted by Gasteiger charge is 2.41. The average Bonchev–Trinajstić information content (AvgIpc) is 2.95. The molecule has 0 saturated carbocycles. The van der Waals surface area contributed by atoms with E-state index < -0.39 is 31.4 Å². The Balaban J connectivity index is 1.96. The number of rotatable bonds is 12. The lowest BCUT2D eigenvalue weighted by Crippen LogP contribution is -2.38. The molecule has 0 aliphatic carbocycles. The van der Waals surface area contributed by atoms with Crippen LogP contribution in [0.25, 0.3) is 0 Å². The summed E-state index contributed by atoms with van der Waals surface area (Å²) in [7, 11) is -1.83. The fraction of sp³-hybridized carbons (Fsp3) is 0.276. The molecule has 40 heavy (non-hydrogen) atoms. The van der Waals surface area contributed by atoms with Crippen molar-refractivity contribution in [2.75, 3.05) is 14.2 Å². The Bertz CT molecular complexity index is 1290. The third-order valence-corrected chi connectivity index (χ3v) is 7.58. The lowest BCUT2D eigenvalue weighted by atomic mass is 10.1. The first-order valence-electron chi connectivity index (χ1n) is 12.5. The second-order valence-electron chi connectivity index (χ2n) is 9.11. The molecular formula is C29H32NO9P. The molecule has 0 spiro atoms. The van der Waals surface area contributed by atoms with E-state index in [1.54, 1.807) is 12.1 Å². The minimum atomic E-state index is -4.31. The molecule has 0 bridgehead atoms. The first-order valence-corrected chi connectivity index (χ1v) is 14.1. The first-order chi connectivity index (χ1) is 19.1. The first kappa shape index (κ1) is 30.2. The van der Waals surface area contributed by atoms with E-state index in [9.17, 15) is 18.9 Å². The summed E-state index contributed by atoms with van der Waals surface area (Å²) in [5.74, 6) is -2.36. The van der Waals surface area contributed by atoms with E-state index in [0.29, 0.717) is 0 Å². The molecule has 1 amide bonds. The van der Waals surface area contributed by atoms with Crippen molar-refractivity contribution in [1.29, 1.82) is 0 Å². The minimum Gasteiger partial charge on any atom is -0.465 e. The summed E-state index contributed by atoms with van der Waals surface area (Å²) in [5, 5.41) is 2.64. The number of hydrogen-bond donors (Lipinski definition) is 1. The smallest absolute Gasteiger partial charge is 0.453 e. The standard InChI is InChI=1S/C29H32NO9P/c1-20(2)16-26(30-29(33)37-19-21-10-6-5-7-11-21)40(34,38-24-14-8-12-22(17-24)27(31)35-3)39-25-15-9-13-23(18-25)28(32)36-4/h5-15,17-18,20,26H,16,19H2,1-4H3,(H,30,33). The molecule has 3 aromatic rings. The molecule has 11 heteroatoms. The summed E-state index contributed by atoms with van der Waals surface area (Å²) in [4.78, 5) is 37.0. The molecule has 0 aliphatic rings. The molecule has 1 N–H and O–H groups in total. The van der Waals surface area contributed by atoms with Gasteiger partial charge in [0.05, 0.1) is 25.3 Å². The van der Waals surface area contributed by atoms with Gasteiger partial charge in [0.15, 0.2) is 5.78 Å². The van der Waals surface area contributed by atoms with Gasteiger partial charge in [-0.2, -0.15) is 0 Å². The maximum absolute atomic E-state index is 14.6. The van der Waals surface area contributed by atoms with Crippen LogP contribution in [0, 0.1) is 5.92 Å². The molecule has 212 valence electrons. The van der Waals surface area contributed by atoms with Crippen molar-refractivity contribution in [2.24, 2.45) is 5.92 Å². The predicted octanol–water partition coefficient (Wildman–Crippen LogP) is 6.21. The predicted molar refractivity (Wildman–Crippen MR) is 147 cm³/mol. The van der Waals surface area contributed by atoms with Gasteiger partial charge in [0, 0.05) is 0 Å². The van der Waals surface area contributed by atoms with Crippen molar-refractivity contribution >= 4 is 25.6 Å². The summed E-state index contributed by atoms with van der Waals surface area (Å²) in [6.07, 6.45) is -0.640. The highest BCUT2D eigenvalue weighted by molar-refractivity contribution is 7.55. The number of carbonyl (C=O) groups is 3. The van der Waals surface area contributed by atoms with Gasteiger partial charge in [-0.15, -0.1) is 0 Å². The van der Waals surface area contributed by atoms with Crippen LogP contribution in [0.4, 0.5) is 4.79 Å². The molecule has 0 fully saturated rings. The number of nitrogens with one attached hydrogen (secondary N) is 1. The van der Waals surface area contributed by atoms with Gasteiger partial charge >= 0.3 is 25.6 Å². The Morgan fingerprint density at radius 1 is 0.775 bits per heavy atom. The molecule has 10 nitrogen and oxygen atoms in total. The van der Waals surface area contributed by atoms with Crippen LogP contribution < -0.4 is 14.4 Å². The molecule has 3 rings (SSSR count). The van der Waals surface area contributed by atoms with Crippen LogP contribution in [-0.2, 0) is 25.4 Å². The van der Waals surface area contributed by atoms with Crippen molar-refractivity contribution in [3.63, 3.8) is 0 Å². The number of benzene rings is 3. The maximum atomic E-state index is 14.6. The summed E-state index contributed by atoms with van der Waals surface area (Å²) < 4.78 is 41.3. The van der Waals surface area contributed by atoms with E-state index in [4.69, 9.17) is 23.3 Å². The van der Waals surface area contributed by atoms with E-state index in [-0.39, 0.29) is 41.6 Å². The van der Waals surface area contributed by atoms with Crippen LogP contribution in [0.5, 0.6) is 11.5 Å². The van der Waals surface area contributed by atoms with E-state index >= 15 is 0 Å². The second kappa shape index (κ2) is 14.2. The van der Waals surface area contributed by atoms with E-state index in [1.807, 2.05) is 32.0 Å². The molecule has 3 aromatic carbocycles. The fourth-order valence-electron chi connectivity index (χ4n) is 3.65. The van der Waals surface area contributed by atoms with Crippen LogP contribution in [0.1, 0.15) is 46.5 Å². The summed E-state index contributed by atoms with van der Waals surface area (Å²) >= 11 is 0. The second-order valence-corrected chi connectivity index (χ2v) is 11.2. The number of ether oxygens (including phenoxy) is 3. The molecule has 0 saturated heterocycles. The van der Waals surface area contributed by atoms with Gasteiger partial charge in [-0.05, 0) is 54.3 Å². The number of hydrogen-bond acceptors (Lipinski definition) is 9. The van der Waals surface area contributed by atoms with Gasteiger partial charge in [-0.1, -0.05) is 56.3 Å². The quantitative estimate of drug-likeness (QED) is 0.154. The van der Waals surface area contributed by atoms with Gasteiger partial charge in [-0.3, -0.25) is 0 Å². The number of carbonyl (C=O) groups excluding carboxylic acids is 3. The third kappa shape index (κ3) is 8.61. The van der Waals surface area contributed by atoms with Gasteiger partial charge in [0.1, 0.15) is 18.1 Å². The third-order valence-electron chi connectivity index (χ3n) is 5.55. The van der Waals surface area contributed by atoms with Crippen LogP contribution >= 0.6 is 7.60 Å². The highest BCUT2D eigenvalue weighted by Crippen LogP contribution is 2.54. The van der Waals surface area contributed by atoms with Crippen molar-refractivity contribution in [3.05, 3.63) is 95.6 Å². The van der Waals surface area contributed by atoms with Crippen molar-refractivity contribution in [3.8, 4) is 11.5 Å². The van der Waals surface area contributed by atoms with Gasteiger partial charge in [-0.25, -0.2) is 18.9 Å². The minimum absolute atomic E-state index is 0.00453. The number of esters is 2. The molecular weight excluding hydrogens is 537 g/mol. The summed E-state index contributed by atoms with van der Waals surface area (Å²) in [6.45, 7) is 3.75. The van der Waals surface area contributed by atoms with Crippen LogP contribution in [0.2, 0.25) is 0 Å². The normalized spacial score (nSPS) is 11.7. The lowest BCUT2D eigenvalue weighted by Gasteiger charge is -2.29. The fourth-order valence-corrected chi connectivity index (χ4v) is 5.70. The lowest BCUT2D eigenvalue weighted by molar-refractivity contribution is 0.0591. The zero-order chi connectivity index (χ0) is 29.1. The van der Waals surface area contributed by atoms with Crippen LogP contribution in [0.3, 0.4) is 0 Å². The topological polar surface area (TPSA) is 126 Å². The molecule has 0 heterocycles. The Kier molecular flexibility index (Phi) is 10.7. The van der Waals surface area contributed by atoms with Crippen LogP contribution in [-0.4, -0.2) is 38.0 Å². The van der Waals surface area contributed by atoms with E-state index in [2.05, 4.69) is 5.32 Å². The van der Waals surface area contributed by atoms with Gasteiger partial charge < -0.3 is 28.6 Å². The monoisotopic (exact) mass is 569 g/mol. The van der Waals surface area contributed by atoms with Gasteiger partial charge in [0.2, 0.25) is 0 Å². The van der Waals surface area contributed by atoms with Crippen molar-refractivity contribution in [2.45, 2.75) is 32.7 Å². The Labute approximate surface area is 233 Å². The highest BCUT2D eigenvalue weighted by atomic mass is 31.2. The van der Waals surface area contributed by atoms with Crippen LogP contribution in [0.15, 0.2) is 78.9 Å². The summed E-state index contributed by atoms with van der Waals surface area (Å²) in [6, 6.07) is 20.9. The Hall–Kier alpha value is -4.30. The number of methoxy groups -OCH3 is 2. The number of alkyl carbamates (subject to hydrolysis) is 1. The SMILES string of the molecule is COC(=O)c1cccc(OP(=O)(Oc2cccc(C(=O)OC)c2)C(CC(C)C)NC(=O)OCc2ccccc2)c1. The molecule has 0 radical (unpaired) electrons. The van der Waals surface area contributed by atoms with Crippen molar-refractivity contribution in [1.82, 2.24) is 5.32 Å². The molecule has 0 aromatic heterocycles. The Morgan fingerprint density at radius 2 is 1.30 bits per heavy atom.